The molecule has 1 aliphatic rings. The predicted octanol–water partition coefficient (Wildman–Crippen LogP) is 2.47. The summed E-state index contributed by atoms with van der Waals surface area (Å²) in [5, 5.41) is -0.518. The SMILES string of the molecule is CC1=CN(c2ccccc2S(=O)(=O)C(C)C)C(Cl)N=C1N. The number of hydrogen-bond donors (Lipinski definition) is 1. The van der Waals surface area contributed by atoms with Crippen LogP contribution in [0.4, 0.5) is 5.69 Å². The number of alkyl halides is 1. The maximum absolute atomic E-state index is 12.5. The van der Waals surface area contributed by atoms with Gasteiger partial charge in [0.25, 0.3) is 0 Å². The maximum atomic E-state index is 12.5. The average Bonchev–Trinajstić information content (AvgIpc) is 2.42. The molecule has 0 bridgehead atoms. The van der Waals surface area contributed by atoms with E-state index in [1.807, 2.05) is 0 Å². The van der Waals surface area contributed by atoms with Gasteiger partial charge in [0.05, 0.1) is 15.8 Å². The van der Waals surface area contributed by atoms with Crippen molar-refractivity contribution in [3.05, 3.63) is 36.0 Å². The van der Waals surface area contributed by atoms with Crippen molar-refractivity contribution in [2.24, 2.45) is 10.7 Å². The van der Waals surface area contributed by atoms with Crippen molar-refractivity contribution in [1.82, 2.24) is 0 Å². The van der Waals surface area contributed by atoms with Gasteiger partial charge in [-0.05, 0) is 32.9 Å². The Balaban J connectivity index is 2.57. The number of nitrogens with zero attached hydrogens (tertiary/aromatic N) is 2. The third kappa shape index (κ3) is 2.91. The van der Waals surface area contributed by atoms with E-state index in [2.05, 4.69) is 4.99 Å². The molecule has 1 atom stereocenters. The van der Waals surface area contributed by atoms with Gasteiger partial charge >= 0.3 is 0 Å². The molecule has 114 valence electrons. The van der Waals surface area contributed by atoms with Gasteiger partial charge in [0, 0.05) is 11.8 Å². The highest BCUT2D eigenvalue weighted by molar-refractivity contribution is 7.92. The molecular formula is C14H18ClN3O2S. The van der Waals surface area contributed by atoms with E-state index in [-0.39, 0.29) is 4.90 Å². The second-order valence-corrected chi connectivity index (χ2v) is 7.97. The van der Waals surface area contributed by atoms with Gasteiger partial charge in [-0.2, -0.15) is 0 Å². The van der Waals surface area contributed by atoms with Crippen LogP contribution >= 0.6 is 11.6 Å². The molecule has 2 rings (SSSR count). The molecule has 7 heteroatoms. The quantitative estimate of drug-likeness (QED) is 0.683. The van der Waals surface area contributed by atoms with Crippen LogP contribution in [0.25, 0.3) is 0 Å². The van der Waals surface area contributed by atoms with Crippen LogP contribution in [0.3, 0.4) is 0 Å². The first-order valence-electron chi connectivity index (χ1n) is 6.52. The Kier molecular flexibility index (Phi) is 4.30. The minimum absolute atomic E-state index is 0.241. The van der Waals surface area contributed by atoms with Gasteiger partial charge in [-0.3, -0.25) is 0 Å². The van der Waals surface area contributed by atoms with Crippen LogP contribution in [0.1, 0.15) is 20.8 Å². The molecule has 0 saturated heterocycles. The molecule has 0 aliphatic carbocycles. The molecule has 1 aromatic rings. The van der Waals surface area contributed by atoms with Gasteiger partial charge in [0.15, 0.2) is 9.84 Å². The Morgan fingerprint density at radius 1 is 1.33 bits per heavy atom. The fraction of sp³-hybridized carbons (Fsp3) is 0.357. The van der Waals surface area contributed by atoms with Crippen molar-refractivity contribution < 1.29 is 8.42 Å². The molecule has 21 heavy (non-hydrogen) atoms. The summed E-state index contributed by atoms with van der Waals surface area (Å²) in [6, 6.07) is 6.76. The molecule has 1 unspecified atom stereocenters. The van der Waals surface area contributed by atoms with E-state index in [0.717, 1.165) is 5.57 Å². The summed E-state index contributed by atoms with van der Waals surface area (Å²) in [4.78, 5) is 5.97. The van der Waals surface area contributed by atoms with Crippen LogP contribution in [0, 0.1) is 0 Å². The van der Waals surface area contributed by atoms with E-state index in [9.17, 15) is 8.42 Å². The Labute approximate surface area is 130 Å². The summed E-state index contributed by atoms with van der Waals surface area (Å²) in [5.74, 6) is 0.357. The Bertz CT molecular complexity index is 711. The van der Waals surface area contributed by atoms with E-state index in [4.69, 9.17) is 17.3 Å². The van der Waals surface area contributed by atoms with E-state index in [1.54, 1.807) is 56.1 Å². The van der Waals surface area contributed by atoms with Gasteiger partial charge in [-0.25, -0.2) is 13.4 Å². The van der Waals surface area contributed by atoms with E-state index >= 15 is 0 Å². The molecule has 0 aromatic heterocycles. The van der Waals surface area contributed by atoms with Crippen molar-refractivity contribution >= 4 is 33.0 Å². The van der Waals surface area contributed by atoms with Gasteiger partial charge in [0.2, 0.25) is 5.62 Å². The number of halogens is 1. The maximum Gasteiger partial charge on any atom is 0.203 e. The normalized spacial score (nSPS) is 19.5. The predicted molar refractivity (Wildman–Crippen MR) is 86.3 cm³/mol. The summed E-state index contributed by atoms with van der Waals surface area (Å²) in [5.41, 5.74) is 6.21. The number of para-hydroxylation sites is 1. The van der Waals surface area contributed by atoms with Crippen LogP contribution < -0.4 is 10.6 Å². The van der Waals surface area contributed by atoms with E-state index < -0.39 is 20.7 Å². The van der Waals surface area contributed by atoms with E-state index in [1.165, 1.54) is 0 Å². The zero-order valence-electron chi connectivity index (χ0n) is 12.1. The van der Waals surface area contributed by atoms with Crippen molar-refractivity contribution in [1.29, 1.82) is 0 Å². The second-order valence-electron chi connectivity index (χ2n) is 5.11. The molecule has 0 radical (unpaired) electrons. The lowest BCUT2D eigenvalue weighted by molar-refractivity contribution is 0.587. The highest BCUT2D eigenvalue weighted by Crippen LogP contribution is 2.32. The van der Waals surface area contributed by atoms with Crippen molar-refractivity contribution in [3.8, 4) is 0 Å². The summed E-state index contributed by atoms with van der Waals surface area (Å²) < 4.78 is 25.0. The summed E-state index contributed by atoms with van der Waals surface area (Å²) in [6.45, 7) is 5.10. The number of aliphatic imine (C=N–C) groups is 1. The van der Waals surface area contributed by atoms with Crippen molar-refractivity contribution in [2.45, 2.75) is 36.5 Å². The van der Waals surface area contributed by atoms with Gasteiger partial charge in [0.1, 0.15) is 5.84 Å². The number of sulfone groups is 1. The Morgan fingerprint density at radius 2 is 1.95 bits per heavy atom. The molecule has 0 saturated carbocycles. The molecule has 2 N–H and O–H groups in total. The zero-order valence-corrected chi connectivity index (χ0v) is 13.7. The third-order valence-corrected chi connectivity index (χ3v) is 5.79. The molecular weight excluding hydrogens is 310 g/mol. The average molecular weight is 328 g/mol. The number of benzene rings is 1. The molecule has 1 aromatic carbocycles. The zero-order chi connectivity index (χ0) is 15.8. The van der Waals surface area contributed by atoms with Crippen LogP contribution in [-0.2, 0) is 9.84 Å². The largest absolute Gasteiger partial charge is 0.384 e. The highest BCUT2D eigenvalue weighted by Gasteiger charge is 2.28. The summed E-state index contributed by atoms with van der Waals surface area (Å²) in [6.07, 6.45) is 1.72. The molecule has 0 fully saturated rings. The first kappa shape index (κ1) is 15.9. The summed E-state index contributed by atoms with van der Waals surface area (Å²) in [7, 11) is -3.42. The number of amidine groups is 1. The fourth-order valence-electron chi connectivity index (χ4n) is 1.96. The number of anilines is 1. The number of nitrogens with two attached hydrogens (primary N) is 1. The van der Waals surface area contributed by atoms with Gasteiger partial charge in [-0.15, -0.1) is 0 Å². The van der Waals surface area contributed by atoms with Gasteiger partial charge in [-0.1, -0.05) is 23.7 Å². The topological polar surface area (TPSA) is 75.8 Å². The molecule has 0 spiro atoms. The first-order valence-corrected chi connectivity index (χ1v) is 8.51. The number of rotatable bonds is 3. The van der Waals surface area contributed by atoms with Crippen LogP contribution in [0.15, 0.2) is 45.9 Å². The lowest BCUT2D eigenvalue weighted by atomic mass is 10.2. The van der Waals surface area contributed by atoms with Crippen LogP contribution in [-0.4, -0.2) is 25.1 Å². The molecule has 5 nitrogen and oxygen atoms in total. The highest BCUT2D eigenvalue weighted by atomic mass is 35.5. The first-order chi connectivity index (χ1) is 9.75. The van der Waals surface area contributed by atoms with Crippen molar-refractivity contribution in [3.63, 3.8) is 0 Å². The smallest absolute Gasteiger partial charge is 0.203 e. The summed E-state index contributed by atoms with van der Waals surface area (Å²) >= 11 is 6.20. The van der Waals surface area contributed by atoms with Crippen LogP contribution in [0.5, 0.6) is 0 Å². The van der Waals surface area contributed by atoms with Crippen LogP contribution in [0.2, 0.25) is 0 Å². The van der Waals surface area contributed by atoms with Crippen molar-refractivity contribution in [2.75, 3.05) is 4.90 Å². The lowest BCUT2D eigenvalue weighted by Crippen LogP contribution is -2.34. The Hall–Kier alpha value is -1.53. The number of hydrogen-bond acceptors (Lipinski definition) is 5. The lowest BCUT2D eigenvalue weighted by Gasteiger charge is -2.29. The second kappa shape index (κ2) is 5.69. The standard InChI is InChI=1S/C14H18ClN3O2S/c1-9(2)21(19,20)12-7-5-4-6-11(12)18-8-10(3)13(16)17-14(18)15/h4-9,14H,1-3H3,(H2,16,17). The van der Waals surface area contributed by atoms with Gasteiger partial charge < -0.3 is 10.6 Å². The minimum Gasteiger partial charge on any atom is -0.384 e. The molecule has 1 aliphatic heterocycles. The molecule has 1 heterocycles. The Morgan fingerprint density at radius 3 is 2.57 bits per heavy atom. The fourth-order valence-corrected chi connectivity index (χ4v) is 3.47. The monoisotopic (exact) mass is 327 g/mol. The minimum atomic E-state index is -3.42. The van der Waals surface area contributed by atoms with E-state index in [0.29, 0.717) is 11.5 Å². The molecule has 0 amide bonds. The third-order valence-electron chi connectivity index (χ3n) is 3.28.